The van der Waals surface area contributed by atoms with Gasteiger partial charge in [-0.1, -0.05) is 42.5 Å². The maximum Gasteiger partial charge on any atom is 0.446 e. The van der Waals surface area contributed by atoms with E-state index in [-0.39, 0.29) is 33.8 Å². The fourth-order valence-electron chi connectivity index (χ4n) is 3.21. The topological polar surface area (TPSA) is 185 Å². The zero-order chi connectivity index (χ0) is 24.4. The third kappa shape index (κ3) is 5.66. The number of hydrogen-bond donors (Lipinski definition) is 4. The summed E-state index contributed by atoms with van der Waals surface area (Å²) in [6.07, 6.45) is 0. The molecule has 0 radical (unpaired) electrons. The van der Waals surface area contributed by atoms with E-state index in [0.717, 1.165) is 24.3 Å². The molecule has 0 fully saturated rings. The second-order valence-electron chi connectivity index (χ2n) is 6.63. The van der Waals surface area contributed by atoms with Crippen LogP contribution in [0.25, 0.3) is 0 Å². The molecule has 0 aliphatic heterocycles. The Morgan fingerprint density at radius 1 is 0.697 bits per heavy atom. The monoisotopic (exact) mass is 496 g/mol. The summed E-state index contributed by atoms with van der Waals surface area (Å²) in [6, 6.07) is 15.1. The van der Waals surface area contributed by atoms with Gasteiger partial charge in [-0.2, -0.15) is 16.8 Å². The van der Waals surface area contributed by atoms with Gasteiger partial charge in [0.15, 0.2) is 0 Å². The lowest BCUT2D eigenvalue weighted by Gasteiger charge is -2.31. The third-order valence-electron chi connectivity index (χ3n) is 4.49. The highest BCUT2D eigenvalue weighted by molar-refractivity contribution is 7.81. The normalized spacial score (nSPS) is 12.2. The van der Waals surface area contributed by atoms with Crippen LogP contribution in [0.2, 0.25) is 0 Å². The minimum Gasteiger partial charge on any atom is -0.478 e. The number of aromatic carboxylic acids is 1. The molecule has 3 rings (SSSR count). The van der Waals surface area contributed by atoms with Gasteiger partial charge in [-0.05, 0) is 41.5 Å². The average molecular weight is 496 g/mol. The summed E-state index contributed by atoms with van der Waals surface area (Å²) in [6.45, 7) is 0. The van der Waals surface area contributed by atoms with E-state index in [0.29, 0.717) is 0 Å². The van der Waals surface area contributed by atoms with Crippen molar-refractivity contribution in [3.8, 4) is 11.5 Å². The second kappa shape index (κ2) is 8.80. The van der Waals surface area contributed by atoms with Crippen LogP contribution in [0.15, 0.2) is 72.8 Å². The molecule has 0 aromatic heterocycles. The average Bonchev–Trinajstić information content (AvgIpc) is 2.72. The number of carboxylic acid groups (broad SMARTS) is 1. The smallest absolute Gasteiger partial charge is 0.446 e. The Kier molecular flexibility index (Phi) is 6.44. The Balaban J connectivity index is 2.19. The van der Waals surface area contributed by atoms with Crippen LogP contribution in [0.4, 0.5) is 0 Å². The van der Waals surface area contributed by atoms with Crippen molar-refractivity contribution in [3.05, 3.63) is 95.1 Å². The lowest BCUT2D eigenvalue weighted by molar-refractivity contribution is 0.0680. The summed E-state index contributed by atoms with van der Waals surface area (Å²) in [5, 5.41) is 21.4. The van der Waals surface area contributed by atoms with Gasteiger partial charge < -0.3 is 18.6 Å². The van der Waals surface area contributed by atoms with E-state index in [1.165, 1.54) is 48.5 Å². The Labute approximate surface area is 188 Å². The zero-order valence-electron chi connectivity index (χ0n) is 16.4. The molecule has 0 bridgehead atoms. The van der Waals surface area contributed by atoms with E-state index in [4.69, 9.17) is 9.11 Å². The number of carbonyl (C=O) groups is 1. The number of carboxylic acids is 1. The van der Waals surface area contributed by atoms with Gasteiger partial charge in [0.05, 0.1) is 5.56 Å². The third-order valence-corrected chi connectivity index (χ3v) is 5.30. The van der Waals surface area contributed by atoms with Gasteiger partial charge in [-0.3, -0.25) is 9.11 Å². The van der Waals surface area contributed by atoms with Crippen LogP contribution in [0.1, 0.15) is 27.0 Å². The van der Waals surface area contributed by atoms with Crippen LogP contribution < -0.4 is 8.37 Å². The number of aliphatic hydroxyl groups is 1. The lowest BCUT2D eigenvalue weighted by atomic mass is 9.78. The zero-order valence-corrected chi connectivity index (χ0v) is 18.0. The largest absolute Gasteiger partial charge is 0.478 e. The fourth-order valence-corrected chi connectivity index (χ4v) is 3.92. The summed E-state index contributed by atoms with van der Waals surface area (Å²) in [5.74, 6) is -1.87. The fraction of sp³-hybridized carbons (Fsp3) is 0.0500. The first-order chi connectivity index (χ1) is 15.3. The standard InChI is InChI=1S/C20H16O11S2/c21-19(22)17-3-1-2-4-18(17)20(23,13-5-9-15(10-6-13)30-32(24,25)26)14-7-11-16(12-8-14)31-33(27,28)29/h1-12,23H,(H,21,22)(H,24,25,26)(H,27,28,29). The molecule has 0 heterocycles. The van der Waals surface area contributed by atoms with Crippen LogP contribution in [0.5, 0.6) is 11.5 Å². The quantitative estimate of drug-likeness (QED) is 0.264. The molecule has 33 heavy (non-hydrogen) atoms. The minimum atomic E-state index is -4.79. The molecule has 11 nitrogen and oxygen atoms in total. The van der Waals surface area contributed by atoms with E-state index in [1.807, 2.05) is 0 Å². The molecule has 3 aromatic carbocycles. The van der Waals surface area contributed by atoms with Crippen LogP contribution in [0.3, 0.4) is 0 Å². The maximum atomic E-state index is 11.8. The molecule has 0 saturated carbocycles. The Hall–Kier alpha value is -3.49. The molecular formula is C20H16O11S2. The molecule has 0 unspecified atom stereocenters. The number of benzene rings is 3. The van der Waals surface area contributed by atoms with Crippen molar-refractivity contribution in [2.75, 3.05) is 0 Å². The Morgan fingerprint density at radius 2 is 1.09 bits per heavy atom. The minimum absolute atomic E-state index is 0.0515. The van der Waals surface area contributed by atoms with Crippen molar-refractivity contribution >= 4 is 26.8 Å². The SMILES string of the molecule is O=C(O)c1ccccc1C(O)(c1ccc(OS(=O)(=O)O)cc1)c1ccc(OS(=O)(=O)O)cc1. The van der Waals surface area contributed by atoms with Crippen molar-refractivity contribution in [3.63, 3.8) is 0 Å². The van der Waals surface area contributed by atoms with Gasteiger partial charge in [0.2, 0.25) is 0 Å². The van der Waals surface area contributed by atoms with Crippen LogP contribution in [0, 0.1) is 0 Å². The van der Waals surface area contributed by atoms with Crippen molar-refractivity contribution in [2.24, 2.45) is 0 Å². The van der Waals surface area contributed by atoms with Gasteiger partial charge in [-0.25, -0.2) is 4.79 Å². The van der Waals surface area contributed by atoms with Crippen LogP contribution in [-0.2, 0) is 26.4 Å². The van der Waals surface area contributed by atoms with E-state index in [1.54, 1.807) is 0 Å². The summed E-state index contributed by atoms with van der Waals surface area (Å²) < 4.78 is 70.1. The first kappa shape index (κ1) is 24.2. The van der Waals surface area contributed by atoms with Gasteiger partial charge >= 0.3 is 26.8 Å². The van der Waals surface area contributed by atoms with Crippen LogP contribution >= 0.6 is 0 Å². The lowest BCUT2D eigenvalue weighted by Crippen LogP contribution is -2.31. The molecule has 0 aliphatic rings. The van der Waals surface area contributed by atoms with E-state index in [2.05, 4.69) is 8.37 Å². The van der Waals surface area contributed by atoms with Crippen molar-refractivity contribution < 1.29 is 49.3 Å². The van der Waals surface area contributed by atoms with Crippen LogP contribution in [-0.4, -0.2) is 42.1 Å². The molecule has 0 aliphatic carbocycles. The molecule has 174 valence electrons. The molecule has 13 heteroatoms. The number of rotatable bonds is 8. The van der Waals surface area contributed by atoms with Gasteiger partial charge in [-0.15, -0.1) is 0 Å². The molecular weight excluding hydrogens is 480 g/mol. The van der Waals surface area contributed by atoms with E-state index < -0.39 is 32.4 Å². The van der Waals surface area contributed by atoms with Crippen molar-refractivity contribution in [2.45, 2.75) is 5.60 Å². The Bertz CT molecular complexity index is 1300. The maximum absolute atomic E-state index is 11.8. The number of hydrogen-bond acceptors (Lipinski definition) is 8. The predicted molar refractivity (Wildman–Crippen MR) is 113 cm³/mol. The van der Waals surface area contributed by atoms with E-state index >= 15 is 0 Å². The van der Waals surface area contributed by atoms with Gasteiger partial charge in [0, 0.05) is 5.56 Å². The molecule has 0 atom stereocenters. The molecule has 0 amide bonds. The highest BCUT2D eigenvalue weighted by Crippen LogP contribution is 2.39. The van der Waals surface area contributed by atoms with Gasteiger partial charge in [0.25, 0.3) is 0 Å². The highest BCUT2D eigenvalue weighted by Gasteiger charge is 2.37. The van der Waals surface area contributed by atoms with Crippen molar-refractivity contribution in [1.82, 2.24) is 0 Å². The summed E-state index contributed by atoms with van der Waals surface area (Å²) in [5.41, 5.74) is -2.24. The van der Waals surface area contributed by atoms with Gasteiger partial charge in [0.1, 0.15) is 17.1 Å². The Morgan fingerprint density at radius 3 is 1.45 bits per heavy atom. The van der Waals surface area contributed by atoms with E-state index in [9.17, 15) is 31.8 Å². The molecule has 0 saturated heterocycles. The molecule has 3 aromatic rings. The molecule has 4 N–H and O–H groups in total. The van der Waals surface area contributed by atoms with Crippen molar-refractivity contribution in [1.29, 1.82) is 0 Å². The first-order valence-electron chi connectivity index (χ1n) is 8.89. The first-order valence-corrected chi connectivity index (χ1v) is 11.6. The highest BCUT2D eigenvalue weighted by atomic mass is 32.3. The summed E-state index contributed by atoms with van der Waals surface area (Å²) in [4.78, 5) is 11.8. The molecule has 0 spiro atoms. The summed E-state index contributed by atoms with van der Waals surface area (Å²) in [7, 11) is -9.58. The predicted octanol–water partition coefficient (Wildman–Crippen LogP) is 2.03. The second-order valence-corrected chi connectivity index (χ2v) is 8.68. The summed E-state index contributed by atoms with van der Waals surface area (Å²) >= 11 is 0.